The van der Waals surface area contributed by atoms with E-state index >= 15 is 0 Å². The third-order valence-corrected chi connectivity index (χ3v) is 5.24. The molecule has 0 aliphatic carbocycles. The lowest BCUT2D eigenvalue weighted by Gasteiger charge is -2.36. The van der Waals surface area contributed by atoms with Gasteiger partial charge in [-0.15, -0.1) is 10.2 Å². The van der Waals surface area contributed by atoms with E-state index in [1.807, 2.05) is 24.3 Å². The van der Waals surface area contributed by atoms with Crippen molar-refractivity contribution in [2.45, 2.75) is 37.9 Å². The fourth-order valence-electron chi connectivity index (χ4n) is 3.95. The fourth-order valence-corrected chi connectivity index (χ4v) is 3.95. The first-order valence-electron chi connectivity index (χ1n) is 9.31. The van der Waals surface area contributed by atoms with Crippen LogP contribution >= 0.6 is 0 Å². The van der Waals surface area contributed by atoms with E-state index < -0.39 is 0 Å². The number of hydrogen-bond acceptors (Lipinski definition) is 7. The maximum Gasteiger partial charge on any atom is 0.247 e. The van der Waals surface area contributed by atoms with Gasteiger partial charge in [-0.3, -0.25) is 14.5 Å². The van der Waals surface area contributed by atoms with Crippen molar-refractivity contribution < 1.29 is 18.7 Å². The van der Waals surface area contributed by atoms with Gasteiger partial charge in [0.2, 0.25) is 23.6 Å². The largest absolute Gasteiger partial charge is 0.497 e. The monoisotopic (exact) mass is 385 g/mol. The van der Waals surface area contributed by atoms with Crippen molar-refractivity contribution in [3.63, 3.8) is 0 Å². The Labute approximate surface area is 162 Å². The van der Waals surface area contributed by atoms with Crippen LogP contribution in [-0.2, 0) is 16.0 Å². The predicted octanol–water partition coefficient (Wildman–Crippen LogP) is 0.365. The summed E-state index contributed by atoms with van der Waals surface area (Å²) in [7, 11) is 1.62. The van der Waals surface area contributed by atoms with Crippen LogP contribution in [0.3, 0.4) is 0 Å². The molecule has 4 rings (SSSR count). The van der Waals surface area contributed by atoms with Gasteiger partial charge in [0.1, 0.15) is 5.75 Å². The van der Waals surface area contributed by atoms with Gasteiger partial charge in [-0.2, -0.15) is 0 Å². The van der Waals surface area contributed by atoms with E-state index in [0.717, 1.165) is 11.3 Å². The second-order valence-electron chi connectivity index (χ2n) is 7.18. The van der Waals surface area contributed by atoms with Crippen molar-refractivity contribution in [2.75, 3.05) is 20.2 Å². The Hall–Kier alpha value is -2.94. The summed E-state index contributed by atoms with van der Waals surface area (Å²) in [6.45, 7) is 2.65. The highest BCUT2D eigenvalue weighted by atomic mass is 16.5. The van der Waals surface area contributed by atoms with Crippen LogP contribution < -0.4 is 15.4 Å². The molecule has 2 aliphatic heterocycles. The number of piperazine rings is 1. The molecule has 2 N–H and O–H groups in total. The van der Waals surface area contributed by atoms with Gasteiger partial charge in [0.05, 0.1) is 13.2 Å². The number of carbonyl (C=O) groups excluding carboxylic acids is 2. The highest BCUT2D eigenvalue weighted by Crippen LogP contribution is 2.26. The molecule has 2 aromatic rings. The number of amides is 2. The Morgan fingerprint density at radius 2 is 2.14 bits per heavy atom. The van der Waals surface area contributed by atoms with E-state index in [-0.39, 0.29) is 29.9 Å². The molecule has 9 heteroatoms. The number of nitrogens with one attached hydrogen (secondary N) is 2. The van der Waals surface area contributed by atoms with Crippen LogP contribution in [0.4, 0.5) is 0 Å². The Morgan fingerprint density at radius 1 is 1.36 bits per heavy atom. The van der Waals surface area contributed by atoms with Gasteiger partial charge in [0, 0.05) is 44.1 Å². The molecule has 2 amide bonds. The highest BCUT2D eigenvalue weighted by molar-refractivity contribution is 5.83. The Morgan fingerprint density at radius 3 is 2.86 bits per heavy atom. The lowest BCUT2D eigenvalue weighted by molar-refractivity contribution is -0.129. The molecule has 1 aromatic carbocycles. The van der Waals surface area contributed by atoms with Crippen molar-refractivity contribution >= 4 is 11.8 Å². The van der Waals surface area contributed by atoms with E-state index in [1.54, 1.807) is 7.11 Å². The minimum atomic E-state index is -0.236. The zero-order valence-electron chi connectivity index (χ0n) is 15.8. The molecule has 0 saturated carbocycles. The predicted molar refractivity (Wildman–Crippen MR) is 99.5 cm³/mol. The number of methoxy groups -OCH3 is 1. The number of rotatable bonds is 5. The van der Waals surface area contributed by atoms with Gasteiger partial charge in [-0.1, -0.05) is 0 Å². The van der Waals surface area contributed by atoms with Gasteiger partial charge in [0.15, 0.2) is 0 Å². The average molecular weight is 385 g/mol. The van der Waals surface area contributed by atoms with Crippen LogP contribution in [-0.4, -0.2) is 65.2 Å². The second-order valence-corrected chi connectivity index (χ2v) is 7.18. The highest BCUT2D eigenvalue weighted by Gasteiger charge is 2.44. The number of nitrogens with zero attached hydrogens (tertiary/aromatic N) is 3. The fraction of sp³-hybridized carbons (Fsp3) is 0.474. The van der Waals surface area contributed by atoms with Crippen LogP contribution in [0.25, 0.3) is 11.5 Å². The number of aromatic nitrogens is 2. The molecule has 1 aromatic heterocycles. The lowest BCUT2D eigenvalue weighted by Crippen LogP contribution is -2.58. The summed E-state index contributed by atoms with van der Waals surface area (Å²) < 4.78 is 11.0. The first-order chi connectivity index (χ1) is 13.5. The molecule has 2 aliphatic rings. The molecule has 9 nitrogen and oxygen atoms in total. The second kappa shape index (κ2) is 7.59. The van der Waals surface area contributed by atoms with Gasteiger partial charge in [-0.25, -0.2) is 0 Å². The Balaban J connectivity index is 1.45. The van der Waals surface area contributed by atoms with Crippen molar-refractivity contribution in [3.8, 4) is 17.2 Å². The summed E-state index contributed by atoms with van der Waals surface area (Å²) in [5, 5.41) is 14.2. The summed E-state index contributed by atoms with van der Waals surface area (Å²) in [5.74, 6) is 1.66. The quantitative estimate of drug-likeness (QED) is 0.765. The van der Waals surface area contributed by atoms with E-state index in [4.69, 9.17) is 9.15 Å². The molecule has 0 unspecified atom stereocenters. The van der Waals surface area contributed by atoms with Crippen LogP contribution in [0.1, 0.15) is 19.2 Å². The molecular weight excluding hydrogens is 362 g/mol. The van der Waals surface area contributed by atoms with Gasteiger partial charge >= 0.3 is 0 Å². The first-order valence-corrected chi connectivity index (χ1v) is 9.31. The molecule has 3 heterocycles. The molecule has 0 bridgehead atoms. The summed E-state index contributed by atoms with van der Waals surface area (Å²) in [6.07, 6.45) is 1.15. The van der Waals surface area contributed by atoms with Gasteiger partial charge in [-0.05, 0) is 30.7 Å². The van der Waals surface area contributed by atoms with Crippen molar-refractivity contribution in [3.05, 3.63) is 30.2 Å². The first kappa shape index (κ1) is 18.4. The minimum Gasteiger partial charge on any atom is -0.497 e. The molecule has 2 fully saturated rings. The molecule has 3 atom stereocenters. The minimum absolute atomic E-state index is 0.00792. The van der Waals surface area contributed by atoms with E-state index in [0.29, 0.717) is 37.7 Å². The van der Waals surface area contributed by atoms with Gasteiger partial charge < -0.3 is 19.8 Å². The zero-order valence-corrected chi connectivity index (χ0v) is 15.8. The number of ether oxygens (including phenoxy) is 1. The van der Waals surface area contributed by atoms with E-state index in [1.165, 1.54) is 6.92 Å². The summed E-state index contributed by atoms with van der Waals surface area (Å²) >= 11 is 0. The molecule has 148 valence electrons. The third-order valence-electron chi connectivity index (χ3n) is 5.24. The Kier molecular flexibility index (Phi) is 4.99. The smallest absolute Gasteiger partial charge is 0.247 e. The number of hydrogen-bond donors (Lipinski definition) is 2. The molecule has 28 heavy (non-hydrogen) atoms. The summed E-state index contributed by atoms with van der Waals surface area (Å²) in [5.41, 5.74) is 0.821. The molecule has 2 saturated heterocycles. The number of carbonyl (C=O) groups is 2. The Bertz CT molecular complexity index is 865. The zero-order chi connectivity index (χ0) is 19.7. The molecular formula is C19H23N5O4. The molecule has 0 spiro atoms. The average Bonchev–Trinajstić information content (AvgIpc) is 3.31. The molecule has 0 radical (unpaired) electrons. The standard InChI is InChI=1S/C19H23N5O4/c1-11(25)21-13-7-16-18(26)20-9-14(24(16)10-13)8-17-22-23-19(28-17)12-3-5-15(27-2)6-4-12/h3-6,13-14,16H,7-10H2,1-2H3,(H,20,26)(H,21,25)/t13-,14+,16-/m0/s1. The number of fused-ring (bicyclic) bond motifs is 1. The van der Waals surface area contributed by atoms with Gasteiger partial charge in [0.25, 0.3) is 0 Å². The van der Waals surface area contributed by atoms with Crippen molar-refractivity contribution in [2.24, 2.45) is 0 Å². The van der Waals surface area contributed by atoms with Crippen molar-refractivity contribution in [1.82, 2.24) is 25.7 Å². The lowest BCUT2D eigenvalue weighted by atomic mass is 10.1. The summed E-state index contributed by atoms with van der Waals surface area (Å²) in [6, 6.07) is 7.20. The van der Waals surface area contributed by atoms with Crippen molar-refractivity contribution in [1.29, 1.82) is 0 Å². The van der Waals surface area contributed by atoms with Crippen LogP contribution in [0.5, 0.6) is 5.75 Å². The number of benzene rings is 1. The van der Waals surface area contributed by atoms with Crippen LogP contribution in [0.2, 0.25) is 0 Å². The maximum absolute atomic E-state index is 12.2. The van der Waals surface area contributed by atoms with Crippen LogP contribution in [0.15, 0.2) is 28.7 Å². The summed E-state index contributed by atoms with van der Waals surface area (Å²) in [4.78, 5) is 25.7. The SMILES string of the molecule is COc1ccc(-c2nnc(C[C@@H]3CNC(=O)[C@@H]4C[C@H](NC(C)=O)CN34)o2)cc1. The van der Waals surface area contributed by atoms with Crippen LogP contribution in [0, 0.1) is 0 Å². The van der Waals surface area contributed by atoms with E-state index in [2.05, 4.69) is 25.7 Å². The normalized spacial score (nSPS) is 24.5. The third kappa shape index (κ3) is 3.70. The topological polar surface area (TPSA) is 110 Å². The maximum atomic E-state index is 12.2. The van der Waals surface area contributed by atoms with E-state index in [9.17, 15) is 9.59 Å².